The van der Waals surface area contributed by atoms with Crippen LogP contribution in [0.15, 0.2) is 18.2 Å². The molecule has 1 amide bonds. The number of methoxy groups -OCH3 is 1. The second kappa shape index (κ2) is 4.57. The Labute approximate surface area is 122 Å². The quantitative estimate of drug-likeness (QED) is 0.785. The van der Waals surface area contributed by atoms with Crippen molar-refractivity contribution in [2.45, 2.75) is 23.6 Å². The van der Waals surface area contributed by atoms with Gasteiger partial charge in [-0.3, -0.25) is 4.79 Å². The fourth-order valence-corrected chi connectivity index (χ4v) is 3.16. The number of aryl methyl sites for hydroxylation is 1. The van der Waals surface area contributed by atoms with Gasteiger partial charge < -0.3 is 9.64 Å². The van der Waals surface area contributed by atoms with Gasteiger partial charge in [-0.15, -0.1) is 23.2 Å². The molecule has 1 unspecified atom stereocenters. The van der Waals surface area contributed by atoms with Crippen LogP contribution in [0.5, 0.6) is 5.75 Å². The number of ether oxygens (including phenoxy) is 1. The van der Waals surface area contributed by atoms with Crippen LogP contribution in [-0.2, 0) is 11.2 Å². The normalized spacial score (nSPS) is 23.7. The van der Waals surface area contributed by atoms with Crippen LogP contribution in [0.2, 0.25) is 0 Å². The van der Waals surface area contributed by atoms with Gasteiger partial charge in [0.2, 0.25) is 5.91 Å². The maximum Gasteiger partial charge on any atom is 0.233 e. The van der Waals surface area contributed by atoms with E-state index in [0.29, 0.717) is 13.0 Å². The van der Waals surface area contributed by atoms with Gasteiger partial charge >= 0.3 is 0 Å². The molecule has 1 fully saturated rings. The number of halogens is 2. The zero-order valence-corrected chi connectivity index (χ0v) is 12.2. The number of para-hydroxylation sites is 1. The lowest BCUT2D eigenvalue weighted by Gasteiger charge is -2.31. The summed E-state index contributed by atoms with van der Waals surface area (Å²) >= 11 is 12.0. The highest BCUT2D eigenvalue weighted by molar-refractivity contribution is 6.52. The lowest BCUT2D eigenvalue weighted by molar-refractivity contribution is -0.119. The zero-order valence-electron chi connectivity index (χ0n) is 10.7. The van der Waals surface area contributed by atoms with Crippen LogP contribution in [0, 0.1) is 5.92 Å². The van der Waals surface area contributed by atoms with E-state index in [2.05, 4.69) is 0 Å². The van der Waals surface area contributed by atoms with E-state index in [1.165, 1.54) is 0 Å². The van der Waals surface area contributed by atoms with Crippen molar-refractivity contribution >= 4 is 34.8 Å². The molecule has 0 spiro atoms. The zero-order chi connectivity index (χ0) is 13.6. The number of hydrogen-bond acceptors (Lipinski definition) is 2. The van der Waals surface area contributed by atoms with Crippen molar-refractivity contribution in [3.05, 3.63) is 23.8 Å². The first-order chi connectivity index (χ1) is 9.04. The van der Waals surface area contributed by atoms with Crippen molar-refractivity contribution in [2.24, 2.45) is 5.92 Å². The monoisotopic (exact) mass is 299 g/mol. The number of benzene rings is 1. The third kappa shape index (κ3) is 2.19. The second-order valence-corrected chi connectivity index (χ2v) is 6.62. The third-order valence-corrected chi connectivity index (χ3v) is 4.63. The van der Waals surface area contributed by atoms with Gasteiger partial charge in [-0.2, -0.15) is 0 Å². The van der Waals surface area contributed by atoms with Crippen molar-refractivity contribution in [1.29, 1.82) is 0 Å². The fraction of sp³-hybridized carbons (Fsp3) is 0.500. The molecule has 5 heteroatoms. The topological polar surface area (TPSA) is 29.5 Å². The number of nitrogens with zero attached hydrogens (tertiary/aromatic N) is 1. The molecule has 0 aromatic heterocycles. The Hall–Kier alpha value is -0.930. The smallest absolute Gasteiger partial charge is 0.233 e. The number of amides is 1. The molecule has 0 bridgehead atoms. The first-order valence-electron chi connectivity index (χ1n) is 6.39. The standard InChI is InChI=1S/C14H15Cl2NO2/c1-19-11-6-2-4-9-5-3-7-17(12(9)11)13(18)10-8-14(10,15)16/h2,4,6,10H,3,5,7-8H2,1H3. The molecular weight excluding hydrogens is 285 g/mol. The minimum atomic E-state index is -0.878. The van der Waals surface area contributed by atoms with Crippen LogP contribution in [-0.4, -0.2) is 23.9 Å². The highest BCUT2D eigenvalue weighted by Gasteiger charge is 2.58. The third-order valence-electron chi connectivity index (χ3n) is 3.79. The summed E-state index contributed by atoms with van der Waals surface area (Å²) in [6.07, 6.45) is 2.46. The number of carbonyl (C=O) groups is 1. The van der Waals surface area contributed by atoms with Crippen LogP contribution in [0.25, 0.3) is 0 Å². The molecule has 1 aromatic carbocycles. The first-order valence-corrected chi connectivity index (χ1v) is 7.15. The van der Waals surface area contributed by atoms with E-state index in [0.717, 1.165) is 29.8 Å². The van der Waals surface area contributed by atoms with E-state index in [1.54, 1.807) is 12.0 Å². The first kappa shape index (κ1) is 13.1. The molecule has 3 nitrogen and oxygen atoms in total. The Kier molecular flexibility index (Phi) is 3.14. The lowest BCUT2D eigenvalue weighted by Crippen LogP contribution is -2.37. The van der Waals surface area contributed by atoms with Gasteiger partial charge in [-0.05, 0) is 30.9 Å². The molecule has 1 aromatic rings. The largest absolute Gasteiger partial charge is 0.495 e. The molecule has 1 aliphatic heterocycles. The highest BCUT2D eigenvalue weighted by atomic mass is 35.5. The molecule has 102 valence electrons. The van der Waals surface area contributed by atoms with E-state index in [1.807, 2.05) is 18.2 Å². The van der Waals surface area contributed by atoms with Crippen molar-refractivity contribution in [1.82, 2.24) is 0 Å². The molecule has 2 aliphatic rings. The van der Waals surface area contributed by atoms with Crippen LogP contribution >= 0.6 is 23.2 Å². The number of fused-ring (bicyclic) bond motifs is 1. The number of alkyl halides is 2. The van der Waals surface area contributed by atoms with Gasteiger partial charge in [-0.25, -0.2) is 0 Å². The summed E-state index contributed by atoms with van der Waals surface area (Å²) in [4.78, 5) is 14.3. The Bertz CT molecular complexity index is 516. The van der Waals surface area contributed by atoms with Gasteiger partial charge in [0.1, 0.15) is 10.1 Å². The molecule has 0 N–H and O–H groups in total. The maximum absolute atomic E-state index is 12.5. The molecule has 0 saturated heterocycles. The Balaban J connectivity index is 1.96. The van der Waals surface area contributed by atoms with Gasteiger partial charge in [0.25, 0.3) is 0 Å². The van der Waals surface area contributed by atoms with Gasteiger partial charge in [0.05, 0.1) is 18.7 Å². The van der Waals surface area contributed by atoms with E-state index in [4.69, 9.17) is 27.9 Å². The Morgan fingerprint density at radius 2 is 2.21 bits per heavy atom. The Morgan fingerprint density at radius 3 is 2.84 bits per heavy atom. The van der Waals surface area contributed by atoms with E-state index >= 15 is 0 Å². The summed E-state index contributed by atoms with van der Waals surface area (Å²) in [7, 11) is 1.62. The fourth-order valence-electron chi connectivity index (χ4n) is 2.67. The Morgan fingerprint density at radius 1 is 1.47 bits per heavy atom. The summed E-state index contributed by atoms with van der Waals surface area (Å²) < 4.78 is 4.51. The maximum atomic E-state index is 12.5. The summed E-state index contributed by atoms with van der Waals surface area (Å²) in [5, 5.41) is 0. The summed E-state index contributed by atoms with van der Waals surface area (Å²) in [5.74, 6) is 0.461. The lowest BCUT2D eigenvalue weighted by atomic mass is 10.0. The highest BCUT2D eigenvalue weighted by Crippen LogP contribution is 2.54. The minimum absolute atomic E-state index is 0.00968. The van der Waals surface area contributed by atoms with Crippen LogP contribution < -0.4 is 9.64 Å². The van der Waals surface area contributed by atoms with E-state index in [-0.39, 0.29) is 11.8 Å². The predicted octanol–water partition coefficient (Wildman–Crippen LogP) is 3.17. The van der Waals surface area contributed by atoms with Gasteiger partial charge in [-0.1, -0.05) is 12.1 Å². The molecular formula is C14H15Cl2NO2. The predicted molar refractivity (Wildman–Crippen MR) is 76.2 cm³/mol. The second-order valence-electron chi connectivity index (χ2n) is 5.08. The van der Waals surface area contributed by atoms with Crippen LogP contribution in [0.4, 0.5) is 5.69 Å². The molecule has 1 saturated carbocycles. The van der Waals surface area contributed by atoms with Crippen LogP contribution in [0.1, 0.15) is 18.4 Å². The molecule has 0 radical (unpaired) electrons. The summed E-state index contributed by atoms with van der Waals surface area (Å²) in [5.41, 5.74) is 2.03. The SMILES string of the molecule is COc1cccc2c1N(C(=O)C1CC1(Cl)Cl)CCC2. The molecule has 3 rings (SSSR count). The minimum Gasteiger partial charge on any atom is -0.495 e. The summed E-state index contributed by atoms with van der Waals surface area (Å²) in [6.45, 7) is 0.701. The number of anilines is 1. The summed E-state index contributed by atoms with van der Waals surface area (Å²) in [6, 6.07) is 5.88. The van der Waals surface area contributed by atoms with Crippen molar-refractivity contribution in [3.8, 4) is 5.75 Å². The molecule has 1 aliphatic carbocycles. The van der Waals surface area contributed by atoms with Gasteiger partial charge in [0, 0.05) is 6.54 Å². The van der Waals surface area contributed by atoms with E-state index < -0.39 is 4.33 Å². The van der Waals surface area contributed by atoms with Crippen molar-refractivity contribution in [3.63, 3.8) is 0 Å². The van der Waals surface area contributed by atoms with Crippen molar-refractivity contribution in [2.75, 3.05) is 18.6 Å². The van der Waals surface area contributed by atoms with E-state index in [9.17, 15) is 4.79 Å². The average molecular weight is 300 g/mol. The molecule has 1 heterocycles. The van der Waals surface area contributed by atoms with Crippen molar-refractivity contribution < 1.29 is 9.53 Å². The number of hydrogen-bond donors (Lipinski definition) is 0. The number of rotatable bonds is 2. The molecule has 19 heavy (non-hydrogen) atoms. The van der Waals surface area contributed by atoms with Crippen LogP contribution in [0.3, 0.4) is 0 Å². The molecule has 1 atom stereocenters. The number of carbonyl (C=O) groups excluding carboxylic acids is 1. The average Bonchev–Trinajstić information content (AvgIpc) is 3.05. The van der Waals surface area contributed by atoms with Gasteiger partial charge in [0.15, 0.2) is 0 Å².